The molecule has 11 nitrogen and oxygen atoms in total. The van der Waals surface area contributed by atoms with Crippen LogP contribution in [-0.2, 0) is 14.3 Å². The van der Waals surface area contributed by atoms with Crippen molar-refractivity contribution in [1.29, 1.82) is 0 Å². The lowest BCUT2D eigenvalue weighted by molar-refractivity contribution is -0.137. The molecule has 1 saturated heterocycles. The van der Waals surface area contributed by atoms with E-state index in [9.17, 15) is 25.2 Å². The van der Waals surface area contributed by atoms with Gasteiger partial charge < -0.3 is 40.2 Å². The number of anilines is 1. The van der Waals surface area contributed by atoms with Crippen LogP contribution in [0.15, 0.2) is 18.6 Å². The zero-order chi connectivity index (χ0) is 20.6. The van der Waals surface area contributed by atoms with Crippen molar-refractivity contribution in [3.8, 4) is 0 Å². The Morgan fingerprint density at radius 2 is 2.21 bits per heavy atom. The first kappa shape index (κ1) is 20.0. The Labute approximate surface area is 159 Å². The highest BCUT2D eigenvalue weighted by Gasteiger charge is 2.53. The van der Waals surface area contributed by atoms with Crippen molar-refractivity contribution in [3.63, 3.8) is 0 Å². The smallest absolute Gasteiger partial charge is 0.334 e. The van der Waals surface area contributed by atoms with Crippen molar-refractivity contribution in [2.75, 3.05) is 18.9 Å². The third-order valence-corrected chi connectivity index (χ3v) is 4.64. The standard InChI is InChI=1S/C17H22N4O7/c1-3-27-11(24)4-9(23)8-5-21(15-12(8)14(18)19-7-20-15)16-17(2,26)13(25)10(6-22)28-16/h4-5,7,10,13,16,22-23,25-26H,3,6H2,1-2H3,(H2,18,19,20)/b9-4-/t10-,13-,16?,17-/m1/s1. The van der Waals surface area contributed by atoms with Gasteiger partial charge in [0.05, 0.1) is 24.7 Å². The third kappa shape index (κ3) is 3.18. The van der Waals surface area contributed by atoms with E-state index in [1.54, 1.807) is 6.92 Å². The van der Waals surface area contributed by atoms with Gasteiger partial charge >= 0.3 is 5.97 Å². The first-order chi connectivity index (χ1) is 13.2. The second kappa shape index (κ2) is 7.36. The Bertz CT molecular complexity index is 924. The Morgan fingerprint density at radius 1 is 1.50 bits per heavy atom. The fourth-order valence-corrected chi connectivity index (χ4v) is 3.24. The molecule has 11 heteroatoms. The lowest BCUT2D eigenvalue weighted by Crippen LogP contribution is -2.44. The number of rotatable bonds is 5. The van der Waals surface area contributed by atoms with Gasteiger partial charge in [-0.25, -0.2) is 14.8 Å². The number of nitrogens with zero attached hydrogens (tertiary/aromatic N) is 3. The van der Waals surface area contributed by atoms with Crippen LogP contribution in [0.25, 0.3) is 16.8 Å². The minimum atomic E-state index is -1.78. The van der Waals surface area contributed by atoms with E-state index < -0.39 is 42.4 Å². The molecule has 1 aliphatic heterocycles. The van der Waals surface area contributed by atoms with Crippen molar-refractivity contribution < 1.29 is 34.7 Å². The van der Waals surface area contributed by atoms with Crippen LogP contribution >= 0.6 is 0 Å². The van der Waals surface area contributed by atoms with Gasteiger partial charge in [0.2, 0.25) is 0 Å². The SMILES string of the molecule is CCOC(=O)/C=C(\O)c1cn(C2O[C@H](CO)[C@@H](O)[C@@]2(C)O)c2ncnc(N)c12. The highest BCUT2D eigenvalue weighted by atomic mass is 16.6. The monoisotopic (exact) mass is 394 g/mol. The number of aliphatic hydroxyl groups is 4. The van der Waals surface area contributed by atoms with Crippen LogP contribution in [0.2, 0.25) is 0 Å². The van der Waals surface area contributed by atoms with Gasteiger partial charge in [0.15, 0.2) is 6.23 Å². The Morgan fingerprint density at radius 3 is 2.82 bits per heavy atom. The molecule has 3 rings (SSSR count). The van der Waals surface area contributed by atoms with Crippen molar-refractivity contribution in [1.82, 2.24) is 14.5 Å². The van der Waals surface area contributed by atoms with Crippen LogP contribution in [0.5, 0.6) is 0 Å². The molecule has 28 heavy (non-hydrogen) atoms. The van der Waals surface area contributed by atoms with Crippen molar-refractivity contribution in [2.24, 2.45) is 0 Å². The summed E-state index contributed by atoms with van der Waals surface area (Å²) in [6, 6.07) is 0. The molecule has 0 aromatic carbocycles. The molecule has 0 bridgehead atoms. The second-order valence-corrected chi connectivity index (χ2v) is 6.57. The maximum absolute atomic E-state index is 11.7. The second-order valence-electron chi connectivity index (χ2n) is 6.57. The Balaban J connectivity index is 2.16. The van der Waals surface area contributed by atoms with Gasteiger partial charge in [-0.1, -0.05) is 0 Å². The molecule has 0 aliphatic carbocycles. The number of esters is 1. The minimum absolute atomic E-state index is 0.0273. The number of carbonyl (C=O) groups excluding carboxylic acids is 1. The van der Waals surface area contributed by atoms with E-state index in [4.69, 9.17) is 15.2 Å². The maximum atomic E-state index is 11.7. The van der Waals surface area contributed by atoms with E-state index in [1.165, 1.54) is 24.0 Å². The van der Waals surface area contributed by atoms with E-state index in [2.05, 4.69) is 9.97 Å². The van der Waals surface area contributed by atoms with Crippen LogP contribution in [0.3, 0.4) is 0 Å². The summed E-state index contributed by atoms with van der Waals surface area (Å²) in [5, 5.41) is 41.0. The van der Waals surface area contributed by atoms with Gasteiger partial charge in [0.25, 0.3) is 0 Å². The van der Waals surface area contributed by atoms with Crippen molar-refractivity contribution in [2.45, 2.75) is 37.9 Å². The molecule has 0 amide bonds. The molecule has 1 fully saturated rings. The van der Waals surface area contributed by atoms with E-state index in [0.717, 1.165) is 6.08 Å². The number of hydrogen-bond acceptors (Lipinski definition) is 10. The summed E-state index contributed by atoms with van der Waals surface area (Å²) in [4.78, 5) is 19.7. The molecular formula is C17H22N4O7. The molecule has 0 saturated carbocycles. The Hall–Kier alpha value is -2.73. The highest BCUT2D eigenvalue weighted by Crippen LogP contribution is 2.41. The first-order valence-corrected chi connectivity index (χ1v) is 8.57. The molecular weight excluding hydrogens is 372 g/mol. The van der Waals surface area contributed by atoms with Crippen LogP contribution in [0, 0.1) is 0 Å². The molecule has 6 N–H and O–H groups in total. The lowest BCUT2D eigenvalue weighted by Gasteiger charge is -2.27. The predicted molar refractivity (Wildman–Crippen MR) is 96.8 cm³/mol. The number of aliphatic hydroxyl groups excluding tert-OH is 3. The molecule has 0 radical (unpaired) electrons. The quantitative estimate of drug-likeness (QED) is 0.252. The van der Waals surface area contributed by atoms with Crippen LogP contribution in [-0.4, -0.2) is 72.0 Å². The van der Waals surface area contributed by atoms with Crippen LogP contribution < -0.4 is 5.73 Å². The van der Waals surface area contributed by atoms with Gasteiger partial charge in [-0.2, -0.15) is 0 Å². The van der Waals surface area contributed by atoms with Gasteiger partial charge in [-0.3, -0.25) is 0 Å². The van der Waals surface area contributed by atoms with Gasteiger partial charge in [-0.15, -0.1) is 0 Å². The molecule has 4 atom stereocenters. The minimum Gasteiger partial charge on any atom is -0.507 e. The topological polar surface area (TPSA) is 173 Å². The number of aromatic nitrogens is 3. The van der Waals surface area contributed by atoms with E-state index in [0.29, 0.717) is 0 Å². The molecule has 1 unspecified atom stereocenters. The number of hydrogen-bond donors (Lipinski definition) is 5. The zero-order valence-electron chi connectivity index (χ0n) is 15.3. The molecule has 2 aromatic heterocycles. The molecule has 3 heterocycles. The number of nitrogen functional groups attached to an aromatic ring is 1. The number of ether oxygens (including phenoxy) is 2. The van der Waals surface area contributed by atoms with Crippen molar-refractivity contribution in [3.05, 3.63) is 24.2 Å². The van der Waals surface area contributed by atoms with Gasteiger partial charge in [0, 0.05) is 11.8 Å². The fourth-order valence-electron chi connectivity index (χ4n) is 3.24. The average Bonchev–Trinajstić information content (AvgIpc) is 3.12. The summed E-state index contributed by atoms with van der Waals surface area (Å²) in [6.07, 6.45) is -0.107. The average molecular weight is 394 g/mol. The molecule has 0 spiro atoms. The van der Waals surface area contributed by atoms with E-state index >= 15 is 0 Å². The maximum Gasteiger partial charge on any atom is 0.334 e. The summed E-state index contributed by atoms with van der Waals surface area (Å²) < 4.78 is 11.8. The highest BCUT2D eigenvalue weighted by molar-refractivity contribution is 6.00. The molecule has 2 aromatic rings. The summed E-state index contributed by atoms with van der Waals surface area (Å²) in [7, 11) is 0. The van der Waals surface area contributed by atoms with Crippen LogP contribution in [0.4, 0.5) is 5.82 Å². The number of nitrogens with two attached hydrogens (primary N) is 1. The van der Waals surface area contributed by atoms with Crippen LogP contribution in [0.1, 0.15) is 25.6 Å². The van der Waals surface area contributed by atoms with E-state index in [-0.39, 0.29) is 29.0 Å². The Kier molecular flexibility index (Phi) is 5.26. The van der Waals surface area contributed by atoms with Gasteiger partial charge in [-0.05, 0) is 13.8 Å². The number of fused-ring (bicyclic) bond motifs is 1. The zero-order valence-corrected chi connectivity index (χ0v) is 15.3. The van der Waals surface area contributed by atoms with E-state index in [1.807, 2.05) is 0 Å². The largest absolute Gasteiger partial charge is 0.507 e. The fraction of sp³-hybridized carbons (Fsp3) is 0.471. The number of carbonyl (C=O) groups is 1. The summed E-state index contributed by atoms with van der Waals surface area (Å²) >= 11 is 0. The lowest BCUT2D eigenvalue weighted by atomic mass is 9.96. The third-order valence-electron chi connectivity index (χ3n) is 4.64. The van der Waals surface area contributed by atoms with Crippen molar-refractivity contribution >= 4 is 28.6 Å². The normalized spacial score (nSPS) is 28.0. The summed E-state index contributed by atoms with van der Waals surface area (Å²) in [5.74, 6) is -1.17. The first-order valence-electron chi connectivity index (χ1n) is 8.57. The van der Waals surface area contributed by atoms with Gasteiger partial charge in [0.1, 0.15) is 41.4 Å². The summed E-state index contributed by atoms with van der Waals surface area (Å²) in [6.45, 7) is 2.60. The molecule has 1 aliphatic rings. The predicted octanol–water partition coefficient (Wildman–Crippen LogP) is -0.523. The summed E-state index contributed by atoms with van der Waals surface area (Å²) in [5.41, 5.74) is 4.46. The molecule has 152 valence electrons.